The summed E-state index contributed by atoms with van der Waals surface area (Å²) in [4.78, 5) is 4.64. The first-order chi connectivity index (χ1) is 11.8. The summed E-state index contributed by atoms with van der Waals surface area (Å²) in [5.74, 6) is 1.65. The van der Waals surface area contributed by atoms with E-state index in [9.17, 15) is 5.11 Å². The van der Waals surface area contributed by atoms with Crippen LogP contribution >= 0.6 is 0 Å². The Morgan fingerprint density at radius 3 is 2.62 bits per heavy atom. The van der Waals surface area contributed by atoms with Gasteiger partial charge in [-0.2, -0.15) is 0 Å². The summed E-state index contributed by atoms with van der Waals surface area (Å²) in [6.45, 7) is 3.49. The van der Waals surface area contributed by atoms with E-state index in [-0.39, 0.29) is 0 Å². The first kappa shape index (κ1) is 16.5. The van der Waals surface area contributed by atoms with Gasteiger partial charge in [0, 0.05) is 6.54 Å². The van der Waals surface area contributed by atoms with E-state index in [0.29, 0.717) is 6.61 Å². The van der Waals surface area contributed by atoms with Crippen molar-refractivity contribution in [3.05, 3.63) is 60.4 Å². The van der Waals surface area contributed by atoms with Crippen LogP contribution in [-0.4, -0.2) is 21.3 Å². The molecule has 0 aliphatic rings. The van der Waals surface area contributed by atoms with E-state index in [2.05, 4.69) is 22.5 Å². The monoisotopic (exact) mass is 324 g/mol. The Morgan fingerprint density at radius 2 is 1.83 bits per heavy atom. The van der Waals surface area contributed by atoms with Crippen LogP contribution in [0.15, 0.2) is 54.6 Å². The predicted octanol–water partition coefficient (Wildman–Crippen LogP) is 4.34. The lowest BCUT2D eigenvalue weighted by Crippen LogP contribution is -2.11. The molecule has 1 aromatic heterocycles. The number of aromatic nitrogens is 2. The number of fused-ring (bicyclic) bond motifs is 1. The Morgan fingerprint density at radius 1 is 1.08 bits per heavy atom. The van der Waals surface area contributed by atoms with Gasteiger partial charge < -0.3 is 14.4 Å². The van der Waals surface area contributed by atoms with Gasteiger partial charge in [0.2, 0.25) is 0 Å². The fraction of sp³-hybridized carbons (Fsp3) is 0.350. The first-order valence-electron chi connectivity index (χ1n) is 8.60. The molecule has 0 spiro atoms. The van der Waals surface area contributed by atoms with Gasteiger partial charge in [0.15, 0.2) is 0 Å². The largest absolute Gasteiger partial charge is 0.494 e. The number of hydrogen-bond donors (Lipinski definition) is 1. The van der Waals surface area contributed by atoms with Crippen molar-refractivity contribution in [1.29, 1.82) is 0 Å². The van der Waals surface area contributed by atoms with Crippen molar-refractivity contribution in [2.24, 2.45) is 0 Å². The second kappa shape index (κ2) is 7.97. The Balaban J connectivity index is 1.71. The molecule has 4 nitrogen and oxygen atoms in total. The average molecular weight is 324 g/mol. The number of benzene rings is 2. The highest BCUT2D eigenvalue weighted by Crippen LogP contribution is 2.24. The zero-order valence-corrected chi connectivity index (χ0v) is 14.1. The molecule has 24 heavy (non-hydrogen) atoms. The number of aliphatic hydroxyl groups excluding tert-OH is 1. The second-order valence-corrected chi connectivity index (χ2v) is 5.93. The van der Waals surface area contributed by atoms with E-state index in [1.54, 1.807) is 0 Å². The van der Waals surface area contributed by atoms with Crippen molar-refractivity contribution < 1.29 is 9.84 Å². The van der Waals surface area contributed by atoms with Crippen molar-refractivity contribution in [1.82, 2.24) is 9.55 Å². The highest BCUT2D eigenvalue weighted by molar-refractivity contribution is 5.76. The molecule has 0 saturated heterocycles. The molecule has 0 unspecified atom stereocenters. The van der Waals surface area contributed by atoms with Crippen LogP contribution in [0.1, 0.15) is 38.1 Å². The molecule has 1 atom stereocenters. The van der Waals surface area contributed by atoms with Crippen molar-refractivity contribution in [3.8, 4) is 5.75 Å². The molecule has 0 aliphatic carbocycles. The summed E-state index contributed by atoms with van der Waals surface area (Å²) in [5.41, 5.74) is 2.01. The Bertz CT molecular complexity index is 768. The van der Waals surface area contributed by atoms with Crippen molar-refractivity contribution in [2.75, 3.05) is 6.61 Å². The van der Waals surface area contributed by atoms with Gasteiger partial charge in [-0.25, -0.2) is 4.98 Å². The minimum Gasteiger partial charge on any atom is -0.494 e. The smallest absolute Gasteiger partial charge is 0.138 e. The molecule has 3 rings (SSSR count). The molecule has 0 saturated carbocycles. The zero-order valence-electron chi connectivity index (χ0n) is 14.1. The zero-order chi connectivity index (χ0) is 16.8. The van der Waals surface area contributed by atoms with Gasteiger partial charge in [0.1, 0.15) is 17.7 Å². The van der Waals surface area contributed by atoms with Gasteiger partial charge in [-0.05, 0) is 37.1 Å². The number of hydrogen-bond acceptors (Lipinski definition) is 3. The fourth-order valence-corrected chi connectivity index (χ4v) is 2.92. The highest BCUT2D eigenvalue weighted by Gasteiger charge is 2.17. The summed E-state index contributed by atoms with van der Waals surface area (Å²) in [7, 11) is 0. The third-order valence-electron chi connectivity index (χ3n) is 4.08. The van der Waals surface area contributed by atoms with Gasteiger partial charge in [-0.1, -0.05) is 43.7 Å². The summed E-state index contributed by atoms with van der Waals surface area (Å²) in [6.07, 6.45) is 2.00. The molecule has 0 aliphatic heterocycles. The lowest BCUT2D eigenvalue weighted by atomic mass is 10.2. The van der Waals surface area contributed by atoms with Crippen molar-refractivity contribution >= 4 is 11.0 Å². The average Bonchev–Trinajstić information content (AvgIpc) is 2.99. The Kier molecular flexibility index (Phi) is 5.49. The molecule has 0 radical (unpaired) electrons. The Hall–Kier alpha value is -2.33. The fourth-order valence-electron chi connectivity index (χ4n) is 2.92. The molecular formula is C20H24N2O2. The van der Waals surface area contributed by atoms with Gasteiger partial charge >= 0.3 is 0 Å². The molecule has 1 heterocycles. The summed E-state index contributed by atoms with van der Waals surface area (Å²) in [6, 6.07) is 17.9. The summed E-state index contributed by atoms with van der Waals surface area (Å²) < 4.78 is 7.90. The SMILES string of the molecule is CCC[C@@H](O)c1nc2ccccc2n1CCCOc1ccccc1. The molecule has 4 heteroatoms. The number of imidazole rings is 1. The lowest BCUT2D eigenvalue weighted by molar-refractivity contribution is 0.152. The van der Waals surface area contributed by atoms with E-state index in [1.807, 2.05) is 48.5 Å². The lowest BCUT2D eigenvalue weighted by Gasteiger charge is -2.14. The second-order valence-electron chi connectivity index (χ2n) is 5.93. The van der Waals surface area contributed by atoms with Crippen molar-refractivity contribution in [2.45, 2.75) is 38.8 Å². The van der Waals surface area contributed by atoms with E-state index >= 15 is 0 Å². The minimum absolute atomic E-state index is 0.516. The third kappa shape index (κ3) is 3.77. The molecular weight excluding hydrogens is 300 g/mol. The predicted molar refractivity (Wildman–Crippen MR) is 96.2 cm³/mol. The van der Waals surface area contributed by atoms with E-state index in [1.165, 1.54) is 0 Å². The van der Waals surface area contributed by atoms with Gasteiger partial charge in [-0.15, -0.1) is 0 Å². The molecule has 0 fully saturated rings. The Labute approximate surface area is 142 Å². The first-order valence-corrected chi connectivity index (χ1v) is 8.60. The molecule has 3 aromatic rings. The standard InChI is InChI=1S/C20H24N2O2/c1-2-9-19(23)20-21-17-12-6-7-13-18(17)22(20)14-8-15-24-16-10-4-3-5-11-16/h3-7,10-13,19,23H,2,8-9,14-15H2,1H3/t19-/m1/s1. The topological polar surface area (TPSA) is 47.3 Å². The molecule has 0 amide bonds. The van der Waals surface area contributed by atoms with Gasteiger partial charge in [0.05, 0.1) is 17.6 Å². The quantitative estimate of drug-likeness (QED) is 0.627. The minimum atomic E-state index is -0.516. The number of aliphatic hydroxyl groups is 1. The molecule has 1 N–H and O–H groups in total. The van der Waals surface area contributed by atoms with Crippen molar-refractivity contribution in [3.63, 3.8) is 0 Å². The van der Waals surface area contributed by atoms with Crippen LogP contribution in [-0.2, 0) is 6.54 Å². The van der Waals surface area contributed by atoms with E-state index < -0.39 is 6.10 Å². The summed E-state index contributed by atoms with van der Waals surface area (Å²) >= 11 is 0. The van der Waals surface area contributed by atoms with Crippen LogP contribution in [0.3, 0.4) is 0 Å². The third-order valence-corrected chi connectivity index (χ3v) is 4.08. The van der Waals surface area contributed by atoms with E-state index in [0.717, 1.165) is 48.4 Å². The van der Waals surface area contributed by atoms with Crippen LogP contribution in [0.4, 0.5) is 0 Å². The number of aryl methyl sites for hydroxylation is 1. The van der Waals surface area contributed by atoms with Crippen LogP contribution in [0, 0.1) is 0 Å². The van der Waals surface area contributed by atoms with E-state index in [4.69, 9.17) is 4.74 Å². The van der Waals surface area contributed by atoms with Crippen LogP contribution in [0.2, 0.25) is 0 Å². The van der Waals surface area contributed by atoms with Crippen LogP contribution in [0.25, 0.3) is 11.0 Å². The van der Waals surface area contributed by atoms with Crippen LogP contribution < -0.4 is 4.74 Å². The molecule has 2 aromatic carbocycles. The summed E-state index contributed by atoms with van der Waals surface area (Å²) in [5, 5.41) is 10.4. The number of ether oxygens (including phenoxy) is 1. The van der Waals surface area contributed by atoms with Crippen LogP contribution in [0.5, 0.6) is 5.75 Å². The van der Waals surface area contributed by atoms with Gasteiger partial charge in [-0.3, -0.25) is 0 Å². The molecule has 0 bridgehead atoms. The highest BCUT2D eigenvalue weighted by atomic mass is 16.5. The maximum atomic E-state index is 10.4. The number of nitrogens with zero attached hydrogens (tertiary/aromatic N) is 2. The molecule has 126 valence electrons. The maximum absolute atomic E-state index is 10.4. The van der Waals surface area contributed by atoms with Gasteiger partial charge in [0.25, 0.3) is 0 Å². The number of rotatable bonds is 8. The maximum Gasteiger partial charge on any atom is 0.138 e. The normalized spacial score (nSPS) is 12.4. The number of para-hydroxylation sites is 3.